The average Bonchev–Trinajstić information content (AvgIpc) is 2.80. The van der Waals surface area contributed by atoms with Gasteiger partial charge in [-0.05, 0) is 28.9 Å². The molecule has 4 heteroatoms. The molecule has 1 fully saturated rings. The van der Waals surface area contributed by atoms with Gasteiger partial charge >= 0.3 is 0 Å². The fraction of sp³-hybridized carbons (Fsp3) is 0.529. The number of carbonyl (C=O) groups excluding carboxylic acids is 1. The third-order valence-corrected chi connectivity index (χ3v) is 4.74. The maximum Gasteiger partial charge on any atom is 0.229 e. The Hall–Kier alpha value is -1.86. The van der Waals surface area contributed by atoms with E-state index in [1.807, 2.05) is 6.07 Å². The van der Waals surface area contributed by atoms with Crippen LogP contribution in [-0.4, -0.2) is 22.6 Å². The second-order valence-corrected chi connectivity index (χ2v) is 6.55. The van der Waals surface area contributed by atoms with Crippen molar-refractivity contribution in [3.63, 3.8) is 0 Å². The Labute approximate surface area is 126 Å². The Balaban J connectivity index is 2.06. The summed E-state index contributed by atoms with van der Waals surface area (Å²) in [5, 5.41) is 11.6. The Kier molecular flexibility index (Phi) is 4.06. The van der Waals surface area contributed by atoms with E-state index in [1.54, 1.807) is 12.1 Å². The Morgan fingerprint density at radius 2 is 2.00 bits per heavy atom. The molecule has 1 aromatic rings. The third-order valence-electron chi connectivity index (χ3n) is 4.74. The topological polar surface area (TPSA) is 62.2 Å². The van der Waals surface area contributed by atoms with Gasteiger partial charge in [-0.2, -0.15) is 0 Å². The Morgan fingerprint density at radius 1 is 1.33 bits per heavy atom. The molecular formula is C17H22N2O2. The number of amides is 1. The predicted octanol–water partition coefficient (Wildman–Crippen LogP) is 2.44. The lowest BCUT2D eigenvalue weighted by atomic mass is 10.0. The summed E-state index contributed by atoms with van der Waals surface area (Å²) in [6.45, 7) is 8.49. The van der Waals surface area contributed by atoms with E-state index in [9.17, 15) is 4.79 Å². The quantitative estimate of drug-likeness (QED) is 0.839. The summed E-state index contributed by atoms with van der Waals surface area (Å²) in [5.74, 6) is 6.21. The molecule has 0 radical (unpaired) electrons. The van der Waals surface area contributed by atoms with Crippen LogP contribution < -0.4 is 5.32 Å². The molecule has 21 heavy (non-hydrogen) atoms. The van der Waals surface area contributed by atoms with E-state index in [0.29, 0.717) is 17.9 Å². The first-order chi connectivity index (χ1) is 9.80. The molecule has 0 aliphatic heterocycles. The molecule has 1 aliphatic carbocycles. The summed E-state index contributed by atoms with van der Waals surface area (Å²) >= 11 is 0. The fourth-order valence-corrected chi connectivity index (χ4v) is 2.83. The molecule has 2 rings (SSSR count). The Bertz CT molecular complexity index is 595. The van der Waals surface area contributed by atoms with Crippen LogP contribution in [0.3, 0.4) is 0 Å². The lowest BCUT2D eigenvalue weighted by molar-refractivity contribution is -0.118. The maximum absolute atomic E-state index is 12.4. The van der Waals surface area contributed by atoms with Crippen molar-refractivity contribution >= 4 is 11.7 Å². The number of hydrogen-bond donors (Lipinski definition) is 2. The minimum Gasteiger partial charge on any atom is -0.395 e. The summed E-state index contributed by atoms with van der Waals surface area (Å²) < 4.78 is 0. The molecule has 0 atom stereocenters. The van der Waals surface area contributed by atoms with Gasteiger partial charge in [0.25, 0.3) is 0 Å². The molecule has 2 N–H and O–H groups in total. The molecular weight excluding hydrogens is 264 g/mol. The second-order valence-electron chi connectivity index (χ2n) is 6.55. The van der Waals surface area contributed by atoms with Gasteiger partial charge in [0.05, 0.1) is 6.61 Å². The minimum atomic E-state index is -0.00377. The van der Waals surface area contributed by atoms with E-state index in [2.05, 4.69) is 49.8 Å². The van der Waals surface area contributed by atoms with Gasteiger partial charge in [0.2, 0.25) is 5.91 Å². The second kappa shape index (κ2) is 5.50. The highest BCUT2D eigenvalue weighted by Crippen LogP contribution is 2.68. The predicted molar refractivity (Wildman–Crippen MR) is 82.5 cm³/mol. The van der Waals surface area contributed by atoms with E-state index < -0.39 is 0 Å². The van der Waals surface area contributed by atoms with E-state index in [0.717, 1.165) is 0 Å². The van der Waals surface area contributed by atoms with Crippen molar-refractivity contribution in [3.05, 3.63) is 23.9 Å². The molecule has 0 unspecified atom stereocenters. The first-order valence-electron chi connectivity index (χ1n) is 7.18. The third kappa shape index (κ3) is 2.93. The number of aliphatic hydroxyl groups is 1. The molecule has 1 amide bonds. The monoisotopic (exact) mass is 286 g/mol. The number of nitrogens with zero attached hydrogens (tertiary/aromatic N) is 1. The van der Waals surface area contributed by atoms with Crippen molar-refractivity contribution in [1.29, 1.82) is 0 Å². The van der Waals surface area contributed by atoms with Crippen molar-refractivity contribution in [2.24, 2.45) is 16.7 Å². The first-order valence-corrected chi connectivity index (χ1v) is 7.18. The van der Waals surface area contributed by atoms with Crippen LogP contribution in [0.1, 0.15) is 39.8 Å². The summed E-state index contributed by atoms with van der Waals surface area (Å²) in [6.07, 6.45) is 0.419. The van der Waals surface area contributed by atoms with Crippen LogP contribution in [0.5, 0.6) is 0 Å². The van der Waals surface area contributed by atoms with Gasteiger partial charge in [-0.15, -0.1) is 0 Å². The number of nitrogens with one attached hydrogen (secondary N) is 1. The number of pyridine rings is 1. The van der Waals surface area contributed by atoms with Gasteiger partial charge in [-0.1, -0.05) is 39.7 Å². The van der Waals surface area contributed by atoms with E-state index in [-0.39, 0.29) is 29.3 Å². The van der Waals surface area contributed by atoms with Crippen LogP contribution in [-0.2, 0) is 4.79 Å². The van der Waals surface area contributed by atoms with E-state index in [4.69, 9.17) is 5.11 Å². The van der Waals surface area contributed by atoms with Crippen molar-refractivity contribution in [3.8, 4) is 11.8 Å². The zero-order chi connectivity index (χ0) is 15.7. The van der Waals surface area contributed by atoms with Crippen molar-refractivity contribution in [2.45, 2.75) is 34.1 Å². The highest BCUT2D eigenvalue weighted by Gasteiger charge is 2.68. The van der Waals surface area contributed by atoms with Crippen molar-refractivity contribution in [2.75, 3.05) is 11.9 Å². The van der Waals surface area contributed by atoms with Crippen molar-refractivity contribution in [1.82, 2.24) is 4.98 Å². The van der Waals surface area contributed by atoms with Gasteiger partial charge in [0, 0.05) is 12.3 Å². The van der Waals surface area contributed by atoms with Crippen LogP contribution in [0, 0.1) is 28.6 Å². The summed E-state index contributed by atoms with van der Waals surface area (Å²) in [5.41, 5.74) is 0.612. The fourth-order valence-electron chi connectivity index (χ4n) is 2.83. The normalized spacial score (nSPS) is 18.5. The average molecular weight is 286 g/mol. The Morgan fingerprint density at radius 3 is 2.57 bits per heavy atom. The molecule has 0 saturated heterocycles. The number of carbonyl (C=O) groups is 1. The molecule has 1 aliphatic rings. The zero-order valence-electron chi connectivity index (χ0n) is 13.0. The molecule has 0 spiro atoms. The first kappa shape index (κ1) is 15.5. The molecule has 0 aromatic carbocycles. The lowest BCUT2D eigenvalue weighted by Gasteiger charge is -2.05. The zero-order valence-corrected chi connectivity index (χ0v) is 13.0. The SMILES string of the molecule is CC1(C)C(C(=O)Nc2cccc(C#CCCO)n2)C1(C)C. The molecule has 1 heterocycles. The van der Waals surface area contributed by atoms with Gasteiger partial charge < -0.3 is 10.4 Å². The number of hydrogen-bond acceptors (Lipinski definition) is 3. The maximum atomic E-state index is 12.4. The number of rotatable bonds is 3. The van der Waals surface area contributed by atoms with E-state index >= 15 is 0 Å². The number of aromatic nitrogens is 1. The smallest absolute Gasteiger partial charge is 0.229 e. The van der Waals surface area contributed by atoms with E-state index in [1.165, 1.54) is 0 Å². The van der Waals surface area contributed by atoms with Crippen LogP contribution in [0.2, 0.25) is 0 Å². The lowest BCUT2D eigenvalue weighted by Crippen LogP contribution is -2.18. The van der Waals surface area contributed by atoms with Gasteiger partial charge in [0.1, 0.15) is 11.5 Å². The van der Waals surface area contributed by atoms with Crippen LogP contribution in [0.15, 0.2) is 18.2 Å². The summed E-state index contributed by atoms with van der Waals surface area (Å²) in [6, 6.07) is 5.36. The van der Waals surface area contributed by atoms with Crippen LogP contribution in [0.4, 0.5) is 5.82 Å². The van der Waals surface area contributed by atoms with Crippen LogP contribution in [0.25, 0.3) is 0 Å². The van der Waals surface area contributed by atoms with Crippen molar-refractivity contribution < 1.29 is 9.90 Å². The summed E-state index contributed by atoms with van der Waals surface area (Å²) in [7, 11) is 0. The molecule has 4 nitrogen and oxygen atoms in total. The highest BCUT2D eigenvalue weighted by atomic mass is 16.2. The van der Waals surface area contributed by atoms with Gasteiger partial charge in [-0.3, -0.25) is 4.79 Å². The molecule has 0 bridgehead atoms. The summed E-state index contributed by atoms with van der Waals surface area (Å²) in [4.78, 5) is 16.7. The molecule has 1 aromatic heterocycles. The van der Waals surface area contributed by atoms with Gasteiger partial charge in [-0.25, -0.2) is 4.98 Å². The number of anilines is 1. The molecule has 1 saturated carbocycles. The van der Waals surface area contributed by atoms with Crippen LogP contribution >= 0.6 is 0 Å². The standard InChI is InChI=1S/C17H22N2O2/c1-16(2)14(17(16,3)4)15(21)19-13-10-7-9-12(18-13)8-5-6-11-20/h7,9-10,14,20H,6,11H2,1-4H3,(H,18,19,21). The largest absolute Gasteiger partial charge is 0.395 e. The highest BCUT2D eigenvalue weighted by molar-refractivity contribution is 5.95. The molecule has 112 valence electrons. The number of aliphatic hydroxyl groups excluding tert-OH is 1. The minimum absolute atomic E-state index is 0.00377. The van der Waals surface area contributed by atoms with Gasteiger partial charge in [0.15, 0.2) is 0 Å².